The van der Waals surface area contributed by atoms with E-state index >= 15 is 0 Å². The Labute approximate surface area is 233 Å². The highest BCUT2D eigenvalue weighted by Gasteiger charge is 2.46. The number of benzene rings is 3. The van der Waals surface area contributed by atoms with Gasteiger partial charge in [0.15, 0.2) is 11.5 Å². The molecule has 3 aromatic rings. The average Bonchev–Trinajstić information content (AvgIpc) is 3.17. The highest BCUT2D eigenvalue weighted by atomic mass is 35.5. The van der Waals surface area contributed by atoms with Gasteiger partial charge in [0.1, 0.15) is 16.5 Å². The third kappa shape index (κ3) is 5.10. The molecule has 11 heteroatoms. The summed E-state index contributed by atoms with van der Waals surface area (Å²) in [4.78, 5) is 39.3. The highest BCUT2D eigenvalue weighted by Crippen LogP contribution is 2.47. The van der Waals surface area contributed by atoms with Gasteiger partial charge in [-0.25, -0.2) is 4.79 Å². The number of aromatic carboxylic acids is 1. The van der Waals surface area contributed by atoms with Crippen LogP contribution in [0.15, 0.2) is 60.2 Å². The maximum atomic E-state index is 13.4. The summed E-state index contributed by atoms with van der Waals surface area (Å²) in [6.07, 6.45) is 0. The second-order valence-electron chi connectivity index (χ2n) is 8.49. The number of ether oxygens (including phenoxy) is 3. The molecule has 1 heterocycles. The van der Waals surface area contributed by atoms with Crippen molar-refractivity contribution in [1.29, 1.82) is 0 Å². The fourth-order valence-corrected chi connectivity index (χ4v) is 5.10. The molecule has 1 aliphatic heterocycles. The number of nitrogens with zero attached hydrogens (tertiary/aromatic N) is 1. The van der Waals surface area contributed by atoms with E-state index in [1.165, 1.54) is 44.4 Å². The van der Waals surface area contributed by atoms with Crippen molar-refractivity contribution in [1.82, 2.24) is 4.90 Å². The first kappa shape index (κ1) is 27.8. The predicted molar refractivity (Wildman–Crippen MR) is 144 cm³/mol. The quantitative estimate of drug-likeness (QED) is 0.211. The molecule has 1 unspecified atom stereocenters. The number of hydrogen-bond donors (Lipinski definition) is 2. The van der Waals surface area contributed by atoms with Crippen molar-refractivity contribution in [3.8, 4) is 17.2 Å². The molecule has 3 aromatic carbocycles. The van der Waals surface area contributed by atoms with Gasteiger partial charge in [0.25, 0.3) is 11.7 Å². The van der Waals surface area contributed by atoms with E-state index in [9.17, 15) is 24.6 Å². The van der Waals surface area contributed by atoms with Gasteiger partial charge in [-0.05, 0) is 41.5 Å². The largest absolute Gasteiger partial charge is 0.507 e. The third-order valence-electron chi connectivity index (χ3n) is 6.32. The number of carbonyl (C=O) groups is 3. The first-order valence-corrected chi connectivity index (χ1v) is 12.2. The number of carboxylic acid groups (broad SMARTS) is 1. The van der Waals surface area contributed by atoms with E-state index in [2.05, 4.69) is 0 Å². The molecule has 2 N–H and O–H groups in total. The van der Waals surface area contributed by atoms with Crippen LogP contribution in [-0.2, 0) is 16.1 Å². The molecule has 0 spiro atoms. The molecule has 0 radical (unpaired) electrons. The first-order chi connectivity index (χ1) is 18.6. The van der Waals surface area contributed by atoms with Crippen molar-refractivity contribution in [2.45, 2.75) is 12.6 Å². The number of methoxy groups -OCH3 is 3. The summed E-state index contributed by atoms with van der Waals surface area (Å²) in [6.45, 7) is -0.0425. The Bertz CT molecular complexity index is 1480. The Kier molecular flexibility index (Phi) is 8.03. The van der Waals surface area contributed by atoms with Gasteiger partial charge in [-0.15, -0.1) is 0 Å². The molecule has 0 bridgehead atoms. The predicted octanol–water partition coefficient (Wildman–Crippen LogP) is 5.34. The van der Waals surface area contributed by atoms with Gasteiger partial charge in [-0.1, -0.05) is 47.5 Å². The van der Waals surface area contributed by atoms with Crippen molar-refractivity contribution in [2.24, 2.45) is 0 Å². The Morgan fingerprint density at radius 2 is 1.51 bits per heavy atom. The molecule has 0 aliphatic carbocycles. The summed E-state index contributed by atoms with van der Waals surface area (Å²) in [7, 11) is 4.20. The first-order valence-electron chi connectivity index (χ1n) is 11.5. The molecule has 1 aliphatic rings. The van der Waals surface area contributed by atoms with E-state index in [4.69, 9.17) is 37.4 Å². The van der Waals surface area contributed by atoms with Gasteiger partial charge in [0.2, 0.25) is 0 Å². The lowest BCUT2D eigenvalue weighted by molar-refractivity contribution is -0.140. The van der Waals surface area contributed by atoms with Crippen LogP contribution in [0.25, 0.3) is 5.76 Å². The second-order valence-corrected chi connectivity index (χ2v) is 9.27. The van der Waals surface area contributed by atoms with Crippen LogP contribution in [0.5, 0.6) is 17.2 Å². The lowest BCUT2D eigenvalue weighted by Crippen LogP contribution is -2.29. The summed E-state index contributed by atoms with van der Waals surface area (Å²) in [5.74, 6) is -2.75. The number of halogens is 2. The van der Waals surface area contributed by atoms with Crippen molar-refractivity contribution in [3.05, 3.63) is 92.5 Å². The van der Waals surface area contributed by atoms with E-state index in [-0.39, 0.29) is 44.8 Å². The van der Waals surface area contributed by atoms with E-state index in [0.717, 1.165) is 0 Å². The molecular weight excluding hydrogens is 549 g/mol. The molecule has 1 amide bonds. The number of Topliss-reactive ketones (excluding diaryl/α,β-unsaturated/α-hetero) is 1. The third-order valence-corrected chi connectivity index (χ3v) is 6.94. The van der Waals surface area contributed by atoms with Crippen molar-refractivity contribution < 1.29 is 38.8 Å². The molecule has 0 saturated carbocycles. The minimum Gasteiger partial charge on any atom is -0.507 e. The number of likely N-dealkylation sites (tertiary alicyclic amines) is 1. The zero-order valence-electron chi connectivity index (χ0n) is 21.0. The van der Waals surface area contributed by atoms with Gasteiger partial charge < -0.3 is 29.3 Å². The molecular formula is C28H23Cl2NO8. The molecule has 4 rings (SSSR count). The zero-order chi connectivity index (χ0) is 28.4. The summed E-state index contributed by atoms with van der Waals surface area (Å²) in [5, 5.41) is 20.7. The van der Waals surface area contributed by atoms with Crippen LogP contribution >= 0.6 is 23.2 Å². The summed E-state index contributed by atoms with van der Waals surface area (Å²) in [6, 6.07) is 12.9. The van der Waals surface area contributed by atoms with Gasteiger partial charge in [-0.2, -0.15) is 0 Å². The van der Waals surface area contributed by atoms with Crippen LogP contribution in [0, 0.1) is 0 Å². The molecule has 9 nitrogen and oxygen atoms in total. The van der Waals surface area contributed by atoms with Gasteiger partial charge >= 0.3 is 5.97 Å². The molecule has 202 valence electrons. The Balaban J connectivity index is 1.90. The van der Waals surface area contributed by atoms with Crippen LogP contribution in [-0.4, -0.2) is 54.1 Å². The van der Waals surface area contributed by atoms with Crippen LogP contribution in [0.3, 0.4) is 0 Å². The molecule has 1 fully saturated rings. The van der Waals surface area contributed by atoms with Crippen molar-refractivity contribution >= 4 is 46.6 Å². The Hall–Kier alpha value is -4.21. The van der Waals surface area contributed by atoms with Gasteiger partial charge in [-0.3, -0.25) is 9.59 Å². The van der Waals surface area contributed by atoms with Gasteiger partial charge in [0.05, 0.1) is 49.1 Å². The van der Waals surface area contributed by atoms with Crippen LogP contribution in [0.2, 0.25) is 10.0 Å². The van der Waals surface area contributed by atoms with Gasteiger partial charge in [0, 0.05) is 6.54 Å². The molecule has 1 atom stereocenters. The fourth-order valence-electron chi connectivity index (χ4n) is 4.42. The zero-order valence-corrected chi connectivity index (χ0v) is 22.5. The summed E-state index contributed by atoms with van der Waals surface area (Å²) < 4.78 is 15.9. The SMILES string of the molecule is COc1ccc(C2/C(=C(\O)c3cc(Cl)c(OC)c(Cl)c3OC)C(=O)C(=O)N2Cc2ccc(C(=O)O)cc2)cc1. The lowest BCUT2D eigenvalue weighted by Gasteiger charge is -2.26. The highest BCUT2D eigenvalue weighted by molar-refractivity contribution is 6.47. The Morgan fingerprint density at radius 3 is 2.05 bits per heavy atom. The second kappa shape index (κ2) is 11.3. The Morgan fingerprint density at radius 1 is 0.897 bits per heavy atom. The number of amides is 1. The lowest BCUT2D eigenvalue weighted by atomic mass is 9.94. The maximum Gasteiger partial charge on any atom is 0.335 e. The van der Waals surface area contributed by atoms with Crippen LogP contribution in [0.4, 0.5) is 0 Å². The van der Waals surface area contributed by atoms with Crippen LogP contribution in [0.1, 0.15) is 33.1 Å². The number of aliphatic hydroxyl groups is 1. The number of carboxylic acids is 1. The smallest absolute Gasteiger partial charge is 0.335 e. The normalized spacial score (nSPS) is 16.3. The van der Waals surface area contributed by atoms with E-state index < -0.39 is 29.5 Å². The summed E-state index contributed by atoms with van der Waals surface area (Å²) >= 11 is 12.7. The number of hydrogen-bond acceptors (Lipinski definition) is 7. The molecule has 39 heavy (non-hydrogen) atoms. The minimum atomic E-state index is -1.09. The number of ketones is 1. The van der Waals surface area contributed by atoms with E-state index in [1.807, 2.05) is 0 Å². The van der Waals surface area contributed by atoms with Crippen LogP contribution < -0.4 is 14.2 Å². The van der Waals surface area contributed by atoms with E-state index in [1.54, 1.807) is 36.4 Å². The minimum absolute atomic E-state index is 0.000596. The van der Waals surface area contributed by atoms with Crippen molar-refractivity contribution in [3.63, 3.8) is 0 Å². The summed E-state index contributed by atoms with van der Waals surface area (Å²) in [5.41, 5.74) is 0.961. The number of aliphatic hydroxyl groups excluding tert-OH is 1. The fraction of sp³-hybridized carbons (Fsp3) is 0.179. The van der Waals surface area contributed by atoms with E-state index in [0.29, 0.717) is 16.9 Å². The molecule has 1 saturated heterocycles. The topological polar surface area (TPSA) is 123 Å². The average molecular weight is 572 g/mol. The van der Waals surface area contributed by atoms with Crippen molar-refractivity contribution in [2.75, 3.05) is 21.3 Å². The standard InChI is InChI=1S/C28H23Cl2NO8/c1-37-17-10-8-15(9-11-17)22-20(23(32)18-12-19(29)26(39-3)21(30)25(18)38-2)24(33)27(34)31(22)13-14-4-6-16(7-5-14)28(35)36/h4-12,22,32H,13H2,1-3H3,(H,35,36)/b23-20+. The number of rotatable bonds is 8. The monoisotopic (exact) mass is 571 g/mol. The molecule has 0 aromatic heterocycles. The number of carbonyl (C=O) groups excluding carboxylic acids is 2. The maximum absolute atomic E-state index is 13.4.